The maximum absolute atomic E-state index is 12.0. The number of hydrogen-bond donors (Lipinski definition) is 1. The summed E-state index contributed by atoms with van der Waals surface area (Å²) in [7, 11) is 3.63. The molecule has 0 heterocycles. The lowest BCUT2D eigenvalue weighted by molar-refractivity contribution is -0.870. The summed E-state index contributed by atoms with van der Waals surface area (Å²) < 4.78 is 28.3. The Hall–Kier alpha value is 0.0300. The quantitative estimate of drug-likeness (QED) is 0.0809. The molecule has 0 spiro atoms. The Morgan fingerprint density at radius 1 is 0.727 bits per heavy atom. The standard InChI is InChI=1S/C26H56NO5P/c1-6-7-8-9-10-11-12-13-14-15-16-17-18-19-20-21-22-26(30-5)25-32-33(28,29)31-24-23-27(2,3)4/h26H,6-25H2,1-5H3/p+1. The second-order valence-electron chi connectivity index (χ2n) is 10.6. The molecule has 0 fully saturated rings. The van der Waals surface area contributed by atoms with Crippen LogP contribution in [0.5, 0.6) is 0 Å². The Balaban J connectivity index is 3.53. The van der Waals surface area contributed by atoms with E-state index in [1.54, 1.807) is 7.11 Å². The van der Waals surface area contributed by atoms with E-state index < -0.39 is 7.82 Å². The highest BCUT2D eigenvalue weighted by atomic mass is 31.2. The zero-order valence-corrected chi connectivity index (χ0v) is 23.6. The third-order valence-corrected chi connectivity index (χ3v) is 7.14. The average molecular weight is 495 g/mol. The summed E-state index contributed by atoms with van der Waals surface area (Å²) in [5, 5.41) is 0. The summed E-state index contributed by atoms with van der Waals surface area (Å²) in [4.78, 5) is 9.82. The van der Waals surface area contributed by atoms with Crippen molar-refractivity contribution in [2.75, 3.05) is 48.0 Å². The van der Waals surface area contributed by atoms with Crippen LogP contribution >= 0.6 is 7.82 Å². The number of rotatable bonds is 25. The van der Waals surface area contributed by atoms with Crippen LogP contribution < -0.4 is 0 Å². The summed E-state index contributed by atoms with van der Waals surface area (Å²) >= 11 is 0. The molecule has 0 rings (SSSR count). The van der Waals surface area contributed by atoms with Gasteiger partial charge in [-0.15, -0.1) is 0 Å². The van der Waals surface area contributed by atoms with Crippen molar-refractivity contribution >= 4 is 7.82 Å². The minimum absolute atomic E-state index is 0.0907. The molecular weight excluding hydrogens is 437 g/mol. The van der Waals surface area contributed by atoms with Gasteiger partial charge in [0.05, 0.1) is 33.9 Å². The Labute approximate surface area is 206 Å². The van der Waals surface area contributed by atoms with Crippen molar-refractivity contribution in [3.8, 4) is 0 Å². The number of hydrogen-bond acceptors (Lipinski definition) is 4. The molecule has 0 aliphatic carbocycles. The molecule has 0 radical (unpaired) electrons. The fraction of sp³-hybridized carbons (Fsp3) is 1.00. The number of methoxy groups -OCH3 is 1. The minimum atomic E-state index is -4.01. The predicted molar refractivity (Wildman–Crippen MR) is 140 cm³/mol. The Morgan fingerprint density at radius 3 is 1.55 bits per heavy atom. The van der Waals surface area contributed by atoms with Crippen LogP contribution in [0, 0.1) is 0 Å². The van der Waals surface area contributed by atoms with Gasteiger partial charge in [0.1, 0.15) is 13.2 Å². The number of phosphoric acid groups is 1. The monoisotopic (exact) mass is 494 g/mol. The van der Waals surface area contributed by atoms with E-state index in [1.807, 2.05) is 21.1 Å². The first-order chi connectivity index (χ1) is 15.7. The number of likely N-dealkylation sites (N-methyl/N-ethyl adjacent to an activating group) is 1. The first kappa shape index (κ1) is 33.0. The molecule has 6 nitrogen and oxygen atoms in total. The van der Waals surface area contributed by atoms with E-state index in [1.165, 1.54) is 96.3 Å². The third kappa shape index (κ3) is 24.9. The Kier molecular flexibility index (Phi) is 21.3. The van der Waals surface area contributed by atoms with Crippen molar-refractivity contribution in [2.24, 2.45) is 0 Å². The van der Waals surface area contributed by atoms with Gasteiger partial charge in [-0.3, -0.25) is 9.05 Å². The van der Waals surface area contributed by atoms with E-state index in [0.717, 1.165) is 12.8 Å². The topological polar surface area (TPSA) is 65.0 Å². The number of nitrogens with zero attached hydrogens (tertiary/aromatic N) is 1. The molecule has 1 N–H and O–H groups in total. The summed E-state index contributed by atoms with van der Waals surface area (Å²) in [5.74, 6) is 0. The molecule has 0 aromatic heterocycles. The molecule has 0 bridgehead atoms. The van der Waals surface area contributed by atoms with Crippen LogP contribution in [0.15, 0.2) is 0 Å². The summed E-state index contributed by atoms with van der Waals surface area (Å²) in [6.07, 6.45) is 22.2. The van der Waals surface area contributed by atoms with Gasteiger partial charge in [-0.2, -0.15) is 0 Å². The van der Waals surface area contributed by atoms with Gasteiger partial charge in [-0.05, 0) is 6.42 Å². The van der Waals surface area contributed by atoms with Crippen molar-refractivity contribution in [1.29, 1.82) is 0 Å². The molecule has 0 aromatic carbocycles. The molecule has 2 unspecified atom stereocenters. The number of unbranched alkanes of at least 4 members (excludes halogenated alkanes) is 15. The van der Waals surface area contributed by atoms with Gasteiger partial charge in [-0.1, -0.05) is 110 Å². The van der Waals surface area contributed by atoms with E-state index in [9.17, 15) is 9.46 Å². The number of ether oxygens (including phenoxy) is 1. The molecule has 2 atom stereocenters. The lowest BCUT2D eigenvalue weighted by Gasteiger charge is -2.24. The van der Waals surface area contributed by atoms with E-state index in [-0.39, 0.29) is 19.3 Å². The van der Waals surface area contributed by atoms with Gasteiger partial charge in [0, 0.05) is 7.11 Å². The maximum atomic E-state index is 12.0. The van der Waals surface area contributed by atoms with Crippen LogP contribution in [-0.4, -0.2) is 63.5 Å². The van der Waals surface area contributed by atoms with Gasteiger partial charge in [0.2, 0.25) is 0 Å². The zero-order valence-electron chi connectivity index (χ0n) is 22.7. The van der Waals surface area contributed by atoms with Crippen LogP contribution in [0.25, 0.3) is 0 Å². The van der Waals surface area contributed by atoms with Crippen molar-refractivity contribution in [1.82, 2.24) is 0 Å². The normalized spacial score (nSPS) is 15.0. The number of phosphoric ester groups is 1. The summed E-state index contributed by atoms with van der Waals surface area (Å²) in [6.45, 7) is 3.20. The van der Waals surface area contributed by atoms with Crippen molar-refractivity contribution in [3.05, 3.63) is 0 Å². The van der Waals surface area contributed by atoms with Gasteiger partial charge in [0.25, 0.3) is 0 Å². The third-order valence-electron chi connectivity index (χ3n) is 6.15. The second-order valence-corrected chi connectivity index (χ2v) is 12.0. The second kappa shape index (κ2) is 21.3. The highest BCUT2D eigenvalue weighted by Gasteiger charge is 2.24. The zero-order chi connectivity index (χ0) is 24.8. The van der Waals surface area contributed by atoms with Crippen molar-refractivity contribution in [2.45, 2.75) is 122 Å². The van der Waals surface area contributed by atoms with Crippen LogP contribution in [-0.2, 0) is 18.3 Å². The average Bonchev–Trinajstić information content (AvgIpc) is 2.74. The fourth-order valence-corrected chi connectivity index (χ4v) is 4.58. The highest BCUT2D eigenvalue weighted by Crippen LogP contribution is 2.43. The molecule has 0 aliphatic rings. The predicted octanol–water partition coefficient (Wildman–Crippen LogP) is 7.49. The fourth-order valence-electron chi connectivity index (χ4n) is 3.83. The van der Waals surface area contributed by atoms with Gasteiger partial charge < -0.3 is 14.1 Å². The van der Waals surface area contributed by atoms with Crippen molar-refractivity contribution < 1.29 is 27.7 Å². The minimum Gasteiger partial charge on any atom is -0.379 e. The van der Waals surface area contributed by atoms with Crippen molar-refractivity contribution in [3.63, 3.8) is 0 Å². The summed E-state index contributed by atoms with van der Waals surface area (Å²) in [6, 6.07) is 0. The smallest absolute Gasteiger partial charge is 0.379 e. The molecule has 200 valence electrons. The Bertz CT molecular complexity index is 470. The lowest BCUT2D eigenvalue weighted by atomic mass is 10.0. The molecule has 0 aromatic rings. The molecular formula is C26H57NO5P+. The van der Waals surface area contributed by atoms with E-state index in [0.29, 0.717) is 11.0 Å². The lowest BCUT2D eigenvalue weighted by Crippen LogP contribution is -2.37. The van der Waals surface area contributed by atoms with E-state index in [2.05, 4.69) is 6.92 Å². The molecule has 7 heteroatoms. The SMILES string of the molecule is CCCCCCCCCCCCCCCCCCC(COP(=O)(O)OCC[N+](C)(C)C)OC. The first-order valence-electron chi connectivity index (χ1n) is 13.7. The van der Waals surface area contributed by atoms with Crippen LogP contribution in [0.3, 0.4) is 0 Å². The first-order valence-corrected chi connectivity index (χ1v) is 15.1. The maximum Gasteiger partial charge on any atom is 0.472 e. The number of quaternary nitrogens is 1. The molecule has 0 aliphatic heterocycles. The molecule has 33 heavy (non-hydrogen) atoms. The summed E-state index contributed by atoms with van der Waals surface area (Å²) in [5.41, 5.74) is 0. The Morgan fingerprint density at radius 2 is 1.15 bits per heavy atom. The molecule has 0 saturated carbocycles. The molecule has 0 saturated heterocycles. The largest absolute Gasteiger partial charge is 0.472 e. The van der Waals surface area contributed by atoms with Gasteiger partial charge in [0.15, 0.2) is 0 Å². The van der Waals surface area contributed by atoms with E-state index >= 15 is 0 Å². The van der Waals surface area contributed by atoms with Crippen LogP contribution in [0.4, 0.5) is 0 Å². The van der Waals surface area contributed by atoms with Crippen LogP contribution in [0.1, 0.15) is 116 Å². The van der Waals surface area contributed by atoms with Gasteiger partial charge in [-0.25, -0.2) is 4.57 Å². The van der Waals surface area contributed by atoms with Gasteiger partial charge >= 0.3 is 7.82 Å². The molecule has 0 amide bonds. The van der Waals surface area contributed by atoms with Crippen LogP contribution in [0.2, 0.25) is 0 Å². The van der Waals surface area contributed by atoms with E-state index in [4.69, 9.17) is 13.8 Å². The highest BCUT2D eigenvalue weighted by molar-refractivity contribution is 7.47.